The van der Waals surface area contributed by atoms with E-state index in [-0.39, 0.29) is 5.91 Å². The van der Waals surface area contributed by atoms with Crippen molar-refractivity contribution in [1.82, 2.24) is 0 Å². The van der Waals surface area contributed by atoms with Gasteiger partial charge >= 0.3 is 0 Å². The summed E-state index contributed by atoms with van der Waals surface area (Å²) in [5, 5.41) is 14.1. The van der Waals surface area contributed by atoms with Crippen molar-refractivity contribution in [3.63, 3.8) is 0 Å². The Kier molecular flexibility index (Phi) is 5.53. The summed E-state index contributed by atoms with van der Waals surface area (Å²) < 4.78 is 0.820. The minimum atomic E-state index is -0.891. The van der Waals surface area contributed by atoms with Gasteiger partial charge < -0.3 is 10.4 Å². The predicted octanol–water partition coefficient (Wildman–Crippen LogP) is 5.44. The highest BCUT2D eigenvalue weighted by Gasteiger charge is 2.17. The van der Waals surface area contributed by atoms with Gasteiger partial charge in [-0.3, -0.25) is 4.79 Å². The molecule has 0 saturated heterocycles. The lowest BCUT2D eigenvalue weighted by Gasteiger charge is -2.17. The Labute approximate surface area is 159 Å². The number of hydrogen-bond donors (Lipinski definition) is 2. The van der Waals surface area contributed by atoms with Gasteiger partial charge in [0.2, 0.25) is 0 Å². The minimum absolute atomic E-state index is 0.259. The highest BCUT2D eigenvalue weighted by molar-refractivity contribution is 9.10. The molecule has 3 aromatic carbocycles. The third kappa shape index (κ3) is 4.28. The first kappa shape index (κ1) is 17.7. The van der Waals surface area contributed by atoms with Gasteiger partial charge in [0.25, 0.3) is 5.91 Å². The molecule has 3 nitrogen and oxygen atoms in total. The van der Waals surface area contributed by atoms with Gasteiger partial charge in [0.1, 0.15) is 6.10 Å². The SMILES string of the molecule is O=C(Nc1ccc(Cl)cc1C(O)c1ccccc1)c1cccc(Br)c1. The number of benzene rings is 3. The minimum Gasteiger partial charge on any atom is -0.384 e. The Bertz CT molecular complexity index is 899. The highest BCUT2D eigenvalue weighted by Crippen LogP contribution is 2.31. The average Bonchev–Trinajstić information content (AvgIpc) is 2.63. The van der Waals surface area contributed by atoms with Crippen molar-refractivity contribution < 1.29 is 9.90 Å². The van der Waals surface area contributed by atoms with Crippen molar-refractivity contribution in [2.45, 2.75) is 6.10 Å². The zero-order valence-corrected chi connectivity index (χ0v) is 15.5. The van der Waals surface area contributed by atoms with Crippen LogP contribution in [0.25, 0.3) is 0 Å². The zero-order valence-electron chi connectivity index (χ0n) is 13.1. The molecule has 1 unspecified atom stereocenters. The van der Waals surface area contributed by atoms with E-state index >= 15 is 0 Å². The van der Waals surface area contributed by atoms with E-state index < -0.39 is 6.10 Å². The van der Waals surface area contributed by atoms with Crippen molar-refractivity contribution >= 4 is 39.1 Å². The van der Waals surface area contributed by atoms with Crippen LogP contribution in [-0.4, -0.2) is 11.0 Å². The summed E-state index contributed by atoms with van der Waals surface area (Å²) in [5.41, 5.74) is 2.31. The fourth-order valence-corrected chi connectivity index (χ4v) is 3.09. The molecule has 1 amide bonds. The second-order valence-corrected chi connectivity index (χ2v) is 6.86. The van der Waals surface area contributed by atoms with Crippen LogP contribution >= 0.6 is 27.5 Å². The summed E-state index contributed by atoms with van der Waals surface area (Å²) >= 11 is 9.45. The number of amides is 1. The number of hydrogen-bond acceptors (Lipinski definition) is 2. The summed E-state index contributed by atoms with van der Waals surface area (Å²) in [7, 11) is 0. The van der Waals surface area contributed by atoms with Gasteiger partial charge in [0, 0.05) is 26.3 Å². The number of halogens is 2. The maximum atomic E-state index is 12.5. The van der Waals surface area contributed by atoms with Gasteiger partial charge in [-0.15, -0.1) is 0 Å². The van der Waals surface area contributed by atoms with Gasteiger partial charge in [-0.25, -0.2) is 0 Å². The Hall–Kier alpha value is -2.14. The molecule has 0 radical (unpaired) electrons. The first-order valence-electron chi connectivity index (χ1n) is 7.64. The molecular weight excluding hydrogens is 402 g/mol. The Morgan fingerprint density at radius 3 is 2.48 bits per heavy atom. The van der Waals surface area contributed by atoms with Crippen molar-refractivity contribution in [3.8, 4) is 0 Å². The third-order valence-corrected chi connectivity index (χ3v) is 4.49. The quantitative estimate of drug-likeness (QED) is 0.595. The Morgan fingerprint density at radius 2 is 1.76 bits per heavy atom. The van der Waals surface area contributed by atoms with Crippen LogP contribution in [0.1, 0.15) is 27.6 Å². The van der Waals surface area contributed by atoms with Gasteiger partial charge in [0.15, 0.2) is 0 Å². The predicted molar refractivity (Wildman–Crippen MR) is 104 cm³/mol. The zero-order chi connectivity index (χ0) is 17.8. The van der Waals surface area contributed by atoms with Crippen molar-refractivity contribution in [2.75, 3.05) is 5.32 Å². The summed E-state index contributed by atoms with van der Waals surface area (Å²) in [6.45, 7) is 0. The fourth-order valence-electron chi connectivity index (χ4n) is 2.51. The molecule has 0 aliphatic heterocycles. The van der Waals surface area contributed by atoms with Crippen LogP contribution < -0.4 is 5.32 Å². The number of carbonyl (C=O) groups excluding carboxylic acids is 1. The third-order valence-electron chi connectivity index (χ3n) is 3.76. The van der Waals surface area contributed by atoms with Gasteiger partial charge in [-0.1, -0.05) is 63.9 Å². The first-order chi connectivity index (χ1) is 12.0. The van der Waals surface area contributed by atoms with Gasteiger partial charge in [0.05, 0.1) is 0 Å². The van der Waals surface area contributed by atoms with Gasteiger partial charge in [-0.05, 0) is 42.0 Å². The monoisotopic (exact) mass is 415 g/mol. The molecule has 0 aliphatic carbocycles. The first-order valence-corrected chi connectivity index (χ1v) is 8.81. The normalized spacial score (nSPS) is 11.8. The second-order valence-electron chi connectivity index (χ2n) is 5.51. The van der Waals surface area contributed by atoms with E-state index in [2.05, 4.69) is 21.2 Å². The molecule has 0 saturated carbocycles. The van der Waals surface area contributed by atoms with Crippen molar-refractivity contribution in [1.29, 1.82) is 0 Å². The Balaban J connectivity index is 1.93. The summed E-state index contributed by atoms with van der Waals surface area (Å²) in [6.07, 6.45) is -0.891. The van der Waals surface area contributed by atoms with E-state index in [1.165, 1.54) is 0 Å². The van der Waals surface area contributed by atoms with E-state index in [0.29, 0.717) is 21.8 Å². The largest absolute Gasteiger partial charge is 0.384 e. The van der Waals surface area contributed by atoms with Crippen molar-refractivity contribution in [2.24, 2.45) is 0 Å². The lowest BCUT2D eigenvalue weighted by molar-refractivity contribution is 0.102. The standard InChI is InChI=1S/C20H15BrClNO2/c21-15-8-4-7-14(11-15)20(25)23-18-10-9-16(22)12-17(18)19(24)13-5-2-1-3-6-13/h1-12,19,24H,(H,23,25). The maximum Gasteiger partial charge on any atom is 0.255 e. The molecule has 0 bridgehead atoms. The molecule has 0 heterocycles. The van der Waals surface area contributed by atoms with Crippen LogP contribution in [0.2, 0.25) is 5.02 Å². The molecule has 25 heavy (non-hydrogen) atoms. The molecule has 0 fully saturated rings. The molecule has 3 rings (SSSR count). The fraction of sp³-hybridized carbons (Fsp3) is 0.0500. The van der Waals surface area contributed by atoms with Crippen LogP contribution in [0.4, 0.5) is 5.69 Å². The summed E-state index contributed by atoms with van der Waals surface area (Å²) in [5.74, 6) is -0.259. The van der Waals surface area contributed by atoms with Crippen LogP contribution in [0.5, 0.6) is 0 Å². The van der Waals surface area contributed by atoms with Crippen LogP contribution in [-0.2, 0) is 0 Å². The molecule has 5 heteroatoms. The maximum absolute atomic E-state index is 12.5. The number of nitrogens with one attached hydrogen (secondary N) is 1. The molecule has 0 spiro atoms. The number of aliphatic hydroxyl groups excluding tert-OH is 1. The molecule has 1 atom stereocenters. The average molecular weight is 417 g/mol. The van der Waals surface area contributed by atoms with Crippen molar-refractivity contribution in [3.05, 3.63) is 99.0 Å². The van der Waals surface area contributed by atoms with Crippen LogP contribution in [0, 0.1) is 0 Å². The van der Waals surface area contributed by atoms with Crippen LogP contribution in [0.3, 0.4) is 0 Å². The topological polar surface area (TPSA) is 49.3 Å². The van der Waals surface area contributed by atoms with Gasteiger partial charge in [-0.2, -0.15) is 0 Å². The summed E-state index contributed by atoms with van der Waals surface area (Å²) in [4.78, 5) is 12.5. The van der Waals surface area contributed by atoms with E-state index in [4.69, 9.17) is 11.6 Å². The molecular formula is C20H15BrClNO2. The Morgan fingerprint density at radius 1 is 1.00 bits per heavy atom. The molecule has 3 aromatic rings. The molecule has 0 aromatic heterocycles. The lowest BCUT2D eigenvalue weighted by Crippen LogP contribution is -2.14. The molecule has 2 N–H and O–H groups in total. The number of carbonyl (C=O) groups is 1. The number of rotatable bonds is 4. The summed E-state index contributed by atoms with van der Waals surface area (Å²) in [6, 6.07) is 21.4. The second kappa shape index (κ2) is 7.83. The van der Waals surface area contributed by atoms with E-state index in [0.717, 1.165) is 10.0 Å². The lowest BCUT2D eigenvalue weighted by atomic mass is 9.99. The number of aliphatic hydroxyl groups is 1. The molecule has 126 valence electrons. The smallest absolute Gasteiger partial charge is 0.255 e. The van der Waals surface area contributed by atoms with E-state index in [9.17, 15) is 9.90 Å². The van der Waals surface area contributed by atoms with E-state index in [1.54, 1.807) is 36.4 Å². The van der Waals surface area contributed by atoms with E-state index in [1.807, 2.05) is 36.4 Å². The highest BCUT2D eigenvalue weighted by atomic mass is 79.9. The molecule has 0 aliphatic rings. The number of anilines is 1. The van der Waals surface area contributed by atoms with Crippen LogP contribution in [0.15, 0.2) is 77.3 Å².